The predicted molar refractivity (Wildman–Crippen MR) is 79.6 cm³/mol. The van der Waals surface area contributed by atoms with Gasteiger partial charge in [0, 0.05) is 36.8 Å². The second-order valence-electron chi connectivity index (χ2n) is 4.38. The van der Waals surface area contributed by atoms with Crippen LogP contribution < -0.4 is 0 Å². The summed E-state index contributed by atoms with van der Waals surface area (Å²) < 4.78 is 0.816. The number of carbonyl (C=O) groups is 1. The predicted octanol–water partition coefficient (Wildman–Crippen LogP) is 2.41. The zero-order valence-corrected chi connectivity index (χ0v) is 12.8. The first-order chi connectivity index (χ1) is 8.65. The average Bonchev–Trinajstić information content (AvgIpc) is 2.76. The zero-order chi connectivity index (χ0) is 13.0. The SMILES string of the molecule is CN1CCN(C(=O)CSCc2ccc(Cl)s2)CC1. The van der Waals surface area contributed by atoms with E-state index < -0.39 is 0 Å². The van der Waals surface area contributed by atoms with Crippen molar-refractivity contribution < 1.29 is 4.79 Å². The van der Waals surface area contributed by atoms with Gasteiger partial charge in [-0.1, -0.05) is 11.6 Å². The number of likely N-dealkylation sites (N-methyl/N-ethyl adjacent to an activating group) is 1. The van der Waals surface area contributed by atoms with Crippen molar-refractivity contribution in [3.05, 3.63) is 21.3 Å². The fourth-order valence-corrected chi connectivity index (χ4v) is 3.94. The number of amides is 1. The Morgan fingerprint density at radius 2 is 2.11 bits per heavy atom. The molecule has 1 fully saturated rings. The van der Waals surface area contributed by atoms with Crippen LogP contribution in [0.3, 0.4) is 0 Å². The van der Waals surface area contributed by atoms with E-state index in [1.165, 1.54) is 4.88 Å². The molecule has 0 saturated carbocycles. The Kier molecular flexibility index (Phi) is 5.36. The lowest BCUT2D eigenvalue weighted by molar-refractivity contribution is -0.129. The smallest absolute Gasteiger partial charge is 0.232 e. The molecule has 2 heterocycles. The third-order valence-corrected chi connectivity index (χ3v) is 5.33. The zero-order valence-electron chi connectivity index (χ0n) is 10.4. The highest BCUT2D eigenvalue weighted by atomic mass is 35.5. The topological polar surface area (TPSA) is 23.6 Å². The molecule has 2 rings (SSSR count). The van der Waals surface area contributed by atoms with Crippen molar-refractivity contribution in [2.24, 2.45) is 0 Å². The third-order valence-electron chi connectivity index (χ3n) is 2.95. The lowest BCUT2D eigenvalue weighted by atomic mass is 10.3. The Morgan fingerprint density at radius 3 is 2.72 bits per heavy atom. The molecule has 0 radical (unpaired) electrons. The molecule has 1 aromatic rings. The van der Waals surface area contributed by atoms with Crippen molar-refractivity contribution >= 4 is 40.6 Å². The van der Waals surface area contributed by atoms with Gasteiger partial charge in [0.05, 0.1) is 10.1 Å². The van der Waals surface area contributed by atoms with Crippen molar-refractivity contribution in [1.29, 1.82) is 0 Å². The van der Waals surface area contributed by atoms with Crippen molar-refractivity contribution in [2.45, 2.75) is 5.75 Å². The fraction of sp³-hybridized carbons (Fsp3) is 0.583. The summed E-state index contributed by atoms with van der Waals surface area (Å²) >= 11 is 9.12. The number of thiophene rings is 1. The number of nitrogens with zero attached hydrogens (tertiary/aromatic N) is 2. The van der Waals surface area contributed by atoms with Crippen molar-refractivity contribution in [3.8, 4) is 0 Å². The Balaban J connectivity index is 1.68. The van der Waals surface area contributed by atoms with Crippen LogP contribution in [0, 0.1) is 0 Å². The highest BCUT2D eigenvalue weighted by molar-refractivity contribution is 7.99. The van der Waals surface area contributed by atoms with Crippen LogP contribution in [0.15, 0.2) is 12.1 Å². The van der Waals surface area contributed by atoms with Crippen molar-refractivity contribution in [3.63, 3.8) is 0 Å². The van der Waals surface area contributed by atoms with E-state index in [9.17, 15) is 4.79 Å². The Hall–Kier alpha value is -0.230. The van der Waals surface area contributed by atoms with Gasteiger partial charge in [-0.25, -0.2) is 0 Å². The molecule has 1 aliphatic rings. The van der Waals surface area contributed by atoms with Gasteiger partial charge >= 0.3 is 0 Å². The van der Waals surface area contributed by atoms with E-state index >= 15 is 0 Å². The minimum Gasteiger partial charge on any atom is -0.339 e. The Labute approximate surface area is 121 Å². The molecule has 1 aromatic heterocycles. The van der Waals surface area contributed by atoms with Crippen LogP contribution in [0.1, 0.15) is 4.88 Å². The van der Waals surface area contributed by atoms with Crippen molar-refractivity contribution in [1.82, 2.24) is 9.80 Å². The molecule has 0 spiro atoms. The van der Waals surface area contributed by atoms with Crippen LogP contribution in [0.2, 0.25) is 4.34 Å². The number of hydrogen-bond donors (Lipinski definition) is 0. The van der Waals surface area contributed by atoms with Gasteiger partial charge in [-0.15, -0.1) is 23.1 Å². The molecule has 6 heteroatoms. The molecule has 100 valence electrons. The molecule has 1 aliphatic heterocycles. The molecule has 0 bridgehead atoms. The number of piperazine rings is 1. The largest absolute Gasteiger partial charge is 0.339 e. The van der Waals surface area contributed by atoms with Crippen molar-refractivity contribution in [2.75, 3.05) is 39.0 Å². The molecule has 0 unspecified atom stereocenters. The number of rotatable bonds is 4. The summed E-state index contributed by atoms with van der Waals surface area (Å²) in [6, 6.07) is 3.94. The standard InChI is InChI=1S/C12H17ClN2OS2/c1-14-4-6-15(7-5-14)12(16)9-17-8-10-2-3-11(13)18-10/h2-3H,4-9H2,1H3. The first kappa shape index (κ1) is 14.2. The van der Waals surface area contributed by atoms with E-state index in [0.29, 0.717) is 5.75 Å². The van der Waals surface area contributed by atoms with Gasteiger partial charge in [0.2, 0.25) is 5.91 Å². The van der Waals surface area contributed by atoms with E-state index in [0.717, 1.165) is 36.3 Å². The summed E-state index contributed by atoms with van der Waals surface area (Å²) in [5, 5.41) is 0. The normalized spacial score (nSPS) is 17.1. The van der Waals surface area contributed by atoms with Crippen LogP contribution in [-0.4, -0.2) is 54.7 Å². The minimum atomic E-state index is 0.260. The highest BCUT2D eigenvalue weighted by Crippen LogP contribution is 2.25. The van der Waals surface area contributed by atoms with Gasteiger partial charge in [-0.05, 0) is 19.2 Å². The van der Waals surface area contributed by atoms with Crippen LogP contribution in [0.25, 0.3) is 0 Å². The molecule has 3 nitrogen and oxygen atoms in total. The first-order valence-electron chi connectivity index (χ1n) is 5.93. The minimum absolute atomic E-state index is 0.260. The second kappa shape index (κ2) is 6.80. The van der Waals surface area contributed by atoms with Crippen LogP contribution in [0.4, 0.5) is 0 Å². The van der Waals surface area contributed by atoms with E-state index in [1.54, 1.807) is 23.1 Å². The highest BCUT2D eigenvalue weighted by Gasteiger charge is 2.18. The fourth-order valence-electron chi connectivity index (χ4n) is 1.82. The second-order valence-corrected chi connectivity index (χ2v) is 7.17. The van der Waals surface area contributed by atoms with Gasteiger partial charge in [0.15, 0.2) is 0 Å². The maximum Gasteiger partial charge on any atom is 0.232 e. The molecular formula is C12H17ClN2OS2. The lowest BCUT2D eigenvalue weighted by Crippen LogP contribution is -2.47. The van der Waals surface area contributed by atoms with E-state index in [4.69, 9.17) is 11.6 Å². The monoisotopic (exact) mass is 304 g/mol. The summed E-state index contributed by atoms with van der Waals surface area (Å²) in [7, 11) is 2.09. The van der Waals surface area contributed by atoms with Crippen LogP contribution in [-0.2, 0) is 10.5 Å². The summed E-state index contributed by atoms with van der Waals surface area (Å²) in [6.07, 6.45) is 0. The molecule has 0 N–H and O–H groups in total. The molecule has 1 amide bonds. The van der Waals surface area contributed by atoms with Gasteiger partial charge in [-0.3, -0.25) is 4.79 Å². The summed E-state index contributed by atoms with van der Waals surface area (Å²) in [5.74, 6) is 1.70. The van der Waals surface area contributed by atoms with Gasteiger partial charge in [0.1, 0.15) is 0 Å². The number of hydrogen-bond acceptors (Lipinski definition) is 4. The third kappa shape index (κ3) is 4.16. The Morgan fingerprint density at radius 1 is 1.39 bits per heavy atom. The van der Waals surface area contributed by atoms with E-state index in [1.807, 2.05) is 17.0 Å². The lowest BCUT2D eigenvalue weighted by Gasteiger charge is -2.32. The summed E-state index contributed by atoms with van der Waals surface area (Å²) in [5.41, 5.74) is 0. The average molecular weight is 305 g/mol. The van der Waals surface area contributed by atoms with Crippen LogP contribution >= 0.6 is 34.7 Å². The van der Waals surface area contributed by atoms with Gasteiger partial charge in [0.25, 0.3) is 0 Å². The first-order valence-corrected chi connectivity index (χ1v) is 8.28. The summed E-state index contributed by atoms with van der Waals surface area (Å²) in [4.78, 5) is 17.4. The molecule has 0 atom stereocenters. The van der Waals surface area contributed by atoms with E-state index in [-0.39, 0.29) is 5.91 Å². The number of thioether (sulfide) groups is 1. The molecule has 18 heavy (non-hydrogen) atoms. The Bertz CT molecular complexity index is 403. The molecule has 0 aromatic carbocycles. The summed E-state index contributed by atoms with van der Waals surface area (Å²) in [6.45, 7) is 3.69. The molecule has 0 aliphatic carbocycles. The van der Waals surface area contributed by atoms with Crippen LogP contribution in [0.5, 0.6) is 0 Å². The quantitative estimate of drug-likeness (QED) is 0.853. The number of carbonyl (C=O) groups excluding carboxylic acids is 1. The number of halogens is 1. The van der Waals surface area contributed by atoms with E-state index in [2.05, 4.69) is 11.9 Å². The maximum absolute atomic E-state index is 12.0. The molecular weight excluding hydrogens is 288 g/mol. The van der Waals surface area contributed by atoms with Gasteiger partial charge < -0.3 is 9.80 Å². The maximum atomic E-state index is 12.0. The van der Waals surface area contributed by atoms with Gasteiger partial charge in [-0.2, -0.15) is 0 Å². The molecule has 1 saturated heterocycles.